The number of primary amides is 1. The third-order valence-electron chi connectivity index (χ3n) is 2.67. The fraction of sp³-hybridized carbons (Fsp3) is 0.400. The van der Waals surface area contributed by atoms with Gasteiger partial charge >= 0.3 is 0 Å². The van der Waals surface area contributed by atoms with Crippen LogP contribution in [0.15, 0.2) is 12.4 Å². The molecule has 2 N–H and O–H groups in total. The van der Waals surface area contributed by atoms with Gasteiger partial charge in [0, 0.05) is 25.5 Å². The van der Waals surface area contributed by atoms with Gasteiger partial charge in [-0.15, -0.1) is 0 Å². The maximum absolute atomic E-state index is 11.0. The number of carbonyl (C=O) groups excluding carboxylic acids is 2. The smallest absolute Gasteiger partial charge is 0.225 e. The van der Waals surface area contributed by atoms with E-state index in [-0.39, 0.29) is 11.8 Å². The number of hydrogen-bond donors (Lipinski definition) is 1. The van der Waals surface area contributed by atoms with Gasteiger partial charge < -0.3 is 10.6 Å². The van der Waals surface area contributed by atoms with Crippen LogP contribution in [0.2, 0.25) is 0 Å². The van der Waals surface area contributed by atoms with E-state index in [4.69, 9.17) is 5.73 Å². The quantitative estimate of drug-likeness (QED) is 0.700. The van der Waals surface area contributed by atoms with E-state index in [0.717, 1.165) is 6.42 Å². The van der Waals surface area contributed by atoms with Crippen molar-refractivity contribution >= 4 is 18.1 Å². The van der Waals surface area contributed by atoms with E-state index >= 15 is 0 Å². The molecule has 1 aromatic rings. The van der Waals surface area contributed by atoms with Gasteiger partial charge in [0.15, 0.2) is 6.29 Å². The molecule has 6 heteroatoms. The molecule has 1 amide bonds. The Morgan fingerprint density at radius 1 is 1.50 bits per heavy atom. The van der Waals surface area contributed by atoms with E-state index in [1.54, 1.807) is 0 Å². The SMILES string of the molecule is NC(=O)C1CCN(c2ncc(C=O)cn2)C1. The van der Waals surface area contributed by atoms with E-state index < -0.39 is 0 Å². The molecule has 1 saturated heterocycles. The molecule has 1 aromatic heterocycles. The number of aldehydes is 1. The summed E-state index contributed by atoms with van der Waals surface area (Å²) in [6.07, 6.45) is 4.36. The molecule has 1 fully saturated rings. The highest BCUT2D eigenvalue weighted by atomic mass is 16.1. The number of aromatic nitrogens is 2. The molecular formula is C10H12N4O2. The molecule has 0 bridgehead atoms. The van der Waals surface area contributed by atoms with Gasteiger partial charge in [-0.05, 0) is 6.42 Å². The molecule has 0 saturated carbocycles. The van der Waals surface area contributed by atoms with Gasteiger partial charge in [-0.1, -0.05) is 0 Å². The van der Waals surface area contributed by atoms with Crippen molar-refractivity contribution in [1.29, 1.82) is 0 Å². The Balaban J connectivity index is 2.08. The average Bonchev–Trinajstić information content (AvgIpc) is 2.78. The zero-order chi connectivity index (χ0) is 11.5. The first kappa shape index (κ1) is 10.5. The fourth-order valence-electron chi connectivity index (χ4n) is 1.73. The summed E-state index contributed by atoms with van der Waals surface area (Å²) in [6, 6.07) is 0. The van der Waals surface area contributed by atoms with E-state index in [1.165, 1.54) is 12.4 Å². The summed E-state index contributed by atoms with van der Waals surface area (Å²) in [5.74, 6) is 0.121. The van der Waals surface area contributed by atoms with Crippen LogP contribution in [0.25, 0.3) is 0 Å². The lowest BCUT2D eigenvalue weighted by atomic mass is 10.1. The number of anilines is 1. The molecule has 0 spiro atoms. The highest BCUT2D eigenvalue weighted by Crippen LogP contribution is 2.19. The lowest BCUT2D eigenvalue weighted by Gasteiger charge is -2.14. The predicted octanol–water partition coefficient (Wildman–Crippen LogP) is -0.399. The number of nitrogens with zero attached hydrogens (tertiary/aromatic N) is 3. The van der Waals surface area contributed by atoms with Crippen molar-refractivity contribution in [3.63, 3.8) is 0 Å². The van der Waals surface area contributed by atoms with Crippen LogP contribution in [-0.2, 0) is 4.79 Å². The van der Waals surface area contributed by atoms with E-state index in [0.29, 0.717) is 30.9 Å². The van der Waals surface area contributed by atoms with Crippen LogP contribution < -0.4 is 10.6 Å². The largest absolute Gasteiger partial charge is 0.369 e. The van der Waals surface area contributed by atoms with Crippen molar-refractivity contribution in [2.24, 2.45) is 11.7 Å². The fourth-order valence-corrected chi connectivity index (χ4v) is 1.73. The summed E-state index contributed by atoms with van der Waals surface area (Å²) in [6.45, 7) is 1.27. The van der Waals surface area contributed by atoms with Crippen molar-refractivity contribution in [3.8, 4) is 0 Å². The van der Waals surface area contributed by atoms with Crippen LogP contribution in [-0.4, -0.2) is 35.3 Å². The summed E-state index contributed by atoms with van der Waals surface area (Å²) in [5.41, 5.74) is 5.67. The zero-order valence-electron chi connectivity index (χ0n) is 8.67. The number of nitrogens with two attached hydrogens (primary N) is 1. The van der Waals surface area contributed by atoms with Crippen molar-refractivity contribution in [2.45, 2.75) is 6.42 Å². The lowest BCUT2D eigenvalue weighted by molar-refractivity contribution is -0.121. The summed E-state index contributed by atoms with van der Waals surface area (Å²) in [7, 11) is 0. The van der Waals surface area contributed by atoms with E-state index in [1.807, 2.05) is 4.90 Å². The summed E-state index contributed by atoms with van der Waals surface area (Å²) in [5, 5.41) is 0. The molecule has 0 radical (unpaired) electrons. The van der Waals surface area contributed by atoms with Gasteiger partial charge in [-0.3, -0.25) is 9.59 Å². The molecule has 2 rings (SSSR count). The molecule has 1 atom stereocenters. The summed E-state index contributed by atoms with van der Waals surface area (Å²) < 4.78 is 0. The Kier molecular flexibility index (Phi) is 2.80. The molecular weight excluding hydrogens is 208 g/mol. The molecule has 0 aliphatic carbocycles. The van der Waals surface area contributed by atoms with E-state index in [9.17, 15) is 9.59 Å². The van der Waals surface area contributed by atoms with Gasteiger partial charge in [0.05, 0.1) is 11.5 Å². The molecule has 1 aliphatic rings. The van der Waals surface area contributed by atoms with Crippen molar-refractivity contribution < 1.29 is 9.59 Å². The average molecular weight is 220 g/mol. The molecule has 84 valence electrons. The Morgan fingerprint density at radius 2 is 2.19 bits per heavy atom. The second-order valence-corrected chi connectivity index (χ2v) is 3.77. The van der Waals surface area contributed by atoms with Gasteiger partial charge in [0.2, 0.25) is 11.9 Å². The van der Waals surface area contributed by atoms with Gasteiger partial charge in [-0.2, -0.15) is 0 Å². The summed E-state index contributed by atoms with van der Waals surface area (Å²) >= 11 is 0. The zero-order valence-corrected chi connectivity index (χ0v) is 8.67. The maximum atomic E-state index is 11.0. The molecule has 1 aliphatic heterocycles. The lowest BCUT2D eigenvalue weighted by Crippen LogP contribution is -2.28. The van der Waals surface area contributed by atoms with Crippen molar-refractivity contribution in [2.75, 3.05) is 18.0 Å². The third-order valence-corrected chi connectivity index (χ3v) is 2.67. The number of amides is 1. The third kappa shape index (κ3) is 2.00. The molecule has 6 nitrogen and oxygen atoms in total. The number of rotatable bonds is 3. The van der Waals surface area contributed by atoms with Crippen molar-refractivity contribution in [3.05, 3.63) is 18.0 Å². The second-order valence-electron chi connectivity index (χ2n) is 3.77. The minimum Gasteiger partial charge on any atom is -0.369 e. The predicted molar refractivity (Wildman–Crippen MR) is 56.9 cm³/mol. The maximum Gasteiger partial charge on any atom is 0.225 e. The standard InChI is InChI=1S/C10H12N4O2/c11-9(16)8-1-2-14(5-8)10-12-3-7(6-15)4-13-10/h3-4,6,8H,1-2,5H2,(H2,11,16). The van der Waals surface area contributed by atoms with Crippen LogP contribution in [0.5, 0.6) is 0 Å². The van der Waals surface area contributed by atoms with E-state index in [2.05, 4.69) is 9.97 Å². The van der Waals surface area contributed by atoms with Crippen LogP contribution in [0.1, 0.15) is 16.8 Å². The Labute approximate surface area is 92.5 Å². The molecule has 0 aromatic carbocycles. The highest BCUT2D eigenvalue weighted by Gasteiger charge is 2.27. The van der Waals surface area contributed by atoms with Crippen LogP contribution in [0, 0.1) is 5.92 Å². The molecule has 2 heterocycles. The van der Waals surface area contributed by atoms with Crippen molar-refractivity contribution in [1.82, 2.24) is 9.97 Å². The van der Waals surface area contributed by atoms with Crippen LogP contribution in [0.3, 0.4) is 0 Å². The summed E-state index contributed by atoms with van der Waals surface area (Å²) in [4.78, 5) is 31.4. The monoisotopic (exact) mass is 220 g/mol. The highest BCUT2D eigenvalue weighted by molar-refractivity contribution is 5.78. The Hall–Kier alpha value is -1.98. The minimum atomic E-state index is -0.285. The minimum absolute atomic E-state index is 0.130. The topological polar surface area (TPSA) is 89.2 Å². The first-order chi connectivity index (χ1) is 7.70. The Morgan fingerprint density at radius 3 is 2.69 bits per heavy atom. The molecule has 1 unspecified atom stereocenters. The number of hydrogen-bond acceptors (Lipinski definition) is 5. The second kappa shape index (κ2) is 4.26. The van der Waals surface area contributed by atoms with Gasteiger partial charge in [-0.25, -0.2) is 9.97 Å². The first-order valence-electron chi connectivity index (χ1n) is 5.02. The van der Waals surface area contributed by atoms with Crippen LogP contribution >= 0.6 is 0 Å². The van der Waals surface area contributed by atoms with Crippen LogP contribution in [0.4, 0.5) is 5.95 Å². The first-order valence-corrected chi connectivity index (χ1v) is 5.02. The van der Waals surface area contributed by atoms with Gasteiger partial charge in [0.1, 0.15) is 0 Å². The Bertz CT molecular complexity index is 404. The van der Waals surface area contributed by atoms with Gasteiger partial charge in [0.25, 0.3) is 0 Å². The molecule has 16 heavy (non-hydrogen) atoms. The normalized spacial score (nSPS) is 19.8. The number of carbonyl (C=O) groups is 2.